The van der Waals surface area contributed by atoms with Crippen molar-refractivity contribution >= 4 is 52.2 Å². The van der Waals surface area contributed by atoms with Crippen molar-refractivity contribution in [2.75, 3.05) is 25.5 Å². The molecule has 0 fully saturated rings. The summed E-state index contributed by atoms with van der Waals surface area (Å²) in [6, 6.07) is 10.4. The van der Waals surface area contributed by atoms with Crippen molar-refractivity contribution in [1.29, 1.82) is 5.26 Å². The van der Waals surface area contributed by atoms with Gasteiger partial charge in [0.05, 0.1) is 46.2 Å². The van der Waals surface area contributed by atoms with Crippen molar-refractivity contribution < 1.29 is 4.74 Å². The predicted octanol–water partition coefficient (Wildman–Crippen LogP) is 4.60. The number of likely N-dealkylation sites (N-methyl/N-ethyl adjacent to an activating group) is 1. The van der Waals surface area contributed by atoms with Gasteiger partial charge in [0.2, 0.25) is 12.2 Å². The number of halogens is 3. The summed E-state index contributed by atoms with van der Waals surface area (Å²) in [6.07, 6.45) is 1.81. The topological polar surface area (TPSA) is 85.0 Å². The summed E-state index contributed by atoms with van der Waals surface area (Å²) in [7, 11) is 1.56. The lowest BCUT2D eigenvalue weighted by Crippen LogP contribution is -2.41. The first-order valence-corrected chi connectivity index (χ1v) is 10.2. The van der Waals surface area contributed by atoms with E-state index in [1.54, 1.807) is 42.5 Å². The number of methoxy groups -OCH3 is 1. The molecule has 0 saturated heterocycles. The molecule has 1 aliphatic rings. The molecule has 0 aromatic heterocycles. The van der Waals surface area contributed by atoms with E-state index in [2.05, 4.69) is 20.7 Å². The Morgan fingerprint density at radius 1 is 1.23 bits per heavy atom. The molecule has 1 heterocycles. The van der Waals surface area contributed by atoms with Crippen LogP contribution < -0.4 is 15.4 Å². The predicted molar refractivity (Wildman–Crippen MR) is 122 cm³/mol. The molecular formula is C20H19Cl3N6O. The number of nitrogens with one attached hydrogen (secondary N) is 2. The lowest BCUT2D eigenvalue weighted by Gasteiger charge is -2.19. The van der Waals surface area contributed by atoms with E-state index < -0.39 is 0 Å². The van der Waals surface area contributed by atoms with Crippen molar-refractivity contribution in [1.82, 2.24) is 10.3 Å². The van der Waals surface area contributed by atoms with E-state index in [0.29, 0.717) is 33.0 Å². The molecule has 1 atom stereocenters. The van der Waals surface area contributed by atoms with Gasteiger partial charge in [-0.05, 0) is 30.8 Å². The number of hydrogen-bond acceptors (Lipinski definition) is 5. The molecule has 0 amide bonds. The molecule has 30 heavy (non-hydrogen) atoms. The van der Waals surface area contributed by atoms with Crippen LogP contribution in [0.2, 0.25) is 15.1 Å². The van der Waals surface area contributed by atoms with E-state index in [-0.39, 0.29) is 12.0 Å². The van der Waals surface area contributed by atoms with E-state index in [0.717, 1.165) is 17.8 Å². The Bertz CT molecular complexity index is 1030. The quantitative estimate of drug-likeness (QED) is 0.383. The molecule has 2 N–H and O–H groups in total. The first kappa shape index (κ1) is 22.2. The zero-order chi connectivity index (χ0) is 21.7. The summed E-state index contributed by atoms with van der Waals surface area (Å²) >= 11 is 18.5. The number of aliphatic imine (C=N–C) groups is 1. The second-order valence-electron chi connectivity index (χ2n) is 6.31. The first-order chi connectivity index (χ1) is 14.5. The third-order valence-electron chi connectivity index (χ3n) is 4.40. The van der Waals surface area contributed by atoms with Crippen LogP contribution in [0.5, 0.6) is 5.75 Å². The first-order valence-electron chi connectivity index (χ1n) is 9.09. The molecular weight excluding hydrogens is 447 g/mol. The van der Waals surface area contributed by atoms with E-state index in [9.17, 15) is 5.26 Å². The molecule has 0 spiro atoms. The molecule has 0 saturated carbocycles. The Morgan fingerprint density at radius 3 is 2.67 bits per heavy atom. The normalized spacial score (nSPS) is 16.3. The molecule has 1 aliphatic heterocycles. The second-order valence-corrected chi connectivity index (χ2v) is 7.53. The number of nitriles is 1. The zero-order valence-electron chi connectivity index (χ0n) is 16.3. The fourth-order valence-corrected chi connectivity index (χ4v) is 3.46. The Morgan fingerprint density at radius 2 is 2.00 bits per heavy atom. The maximum absolute atomic E-state index is 9.21. The van der Waals surface area contributed by atoms with Crippen molar-refractivity contribution in [2.24, 2.45) is 10.1 Å². The summed E-state index contributed by atoms with van der Waals surface area (Å²) in [5.41, 5.74) is 2.14. The Hall–Kier alpha value is -2.50. The highest BCUT2D eigenvalue weighted by molar-refractivity contribution is 6.42. The van der Waals surface area contributed by atoms with Crippen LogP contribution in [0.15, 0.2) is 46.5 Å². The van der Waals surface area contributed by atoms with Gasteiger partial charge in [0.1, 0.15) is 5.75 Å². The molecule has 0 bridgehead atoms. The summed E-state index contributed by atoms with van der Waals surface area (Å²) in [5, 5.41) is 23.3. The molecule has 7 nitrogen and oxygen atoms in total. The maximum Gasteiger partial charge on any atom is 0.235 e. The number of ether oxygens (including phenoxy) is 1. The lowest BCUT2D eigenvalue weighted by atomic mass is 10.0. The highest BCUT2D eigenvalue weighted by Gasteiger charge is 2.30. The SMILES string of the molecule is CCNC1CN(/C(=N\C#N)Nc2cc(OC)ccc2Cl)N=C1c1ccc(Cl)c(Cl)c1. The van der Waals surface area contributed by atoms with Crippen LogP contribution in [0.25, 0.3) is 0 Å². The Kier molecular flexibility index (Phi) is 7.40. The van der Waals surface area contributed by atoms with Gasteiger partial charge in [-0.1, -0.05) is 47.8 Å². The van der Waals surface area contributed by atoms with E-state index in [4.69, 9.17) is 39.5 Å². The number of nitrogens with zero attached hydrogens (tertiary/aromatic N) is 4. The molecule has 0 radical (unpaired) electrons. The van der Waals surface area contributed by atoms with E-state index >= 15 is 0 Å². The molecule has 2 aromatic rings. The summed E-state index contributed by atoms with van der Waals surface area (Å²) < 4.78 is 5.24. The van der Waals surface area contributed by atoms with Crippen molar-refractivity contribution in [3.63, 3.8) is 0 Å². The summed E-state index contributed by atoms with van der Waals surface area (Å²) in [4.78, 5) is 3.91. The minimum Gasteiger partial charge on any atom is -0.497 e. The van der Waals surface area contributed by atoms with Gasteiger partial charge in [0.15, 0.2) is 0 Å². The largest absolute Gasteiger partial charge is 0.497 e. The van der Waals surface area contributed by atoms with Crippen LogP contribution in [0.1, 0.15) is 12.5 Å². The Balaban J connectivity index is 1.95. The average molecular weight is 466 g/mol. The third-order valence-corrected chi connectivity index (χ3v) is 5.47. The van der Waals surface area contributed by atoms with Crippen LogP contribution in [-0.4, -0.2) is 42.9 Å². The van der Waals surface area contributed by atoms with Crippen LogP contribution in [0.3, 0.4) is 0 Å². The van der Waals surface area contributed by atoms with Gasteiger partial charge in [-0.3, -0.25) is 0 Å². The molecule has 3 rings (SSSR count). The molecule has 156 valence electrons. The van der Waals surface area contributed by atoms with Gasteiger partial charge in [0.25, 0.3) is 0 Å². The molecule has 10 heteroatoms. The van der Waals surface area contributed by atoms with Crippen molar-refractivity contribution in [2.45, 2.75) is 13.0 Å². The number of guanidine groups is 1. The number of hydrogen-bond donors (Lipinski definition) is 2. The van der Waals surface area contributed by atoms with Crippen molar-refractivity contribution in [3.05, 3.63) is 57.0 Å². The van der Waals surface area contributed by atoms with Gasteiger partial charge in [-0.2, -0.15) is 10.4 Å². The van der Waals surface area contributed by atoms with Gasteiger partial charge in [0, 0.05) is 11.6 Å². The highest BCUT2D eigenvalue weighted by atomic mass is 35.5. The van der Waals surface area contributed by atoms with Gasteiger partial charge in [-0.15, -0.1) is 4.99 Å². The number of rotatable bonds is 5. The molecule has 0 aliphatic carbocycles. The van der Waals surface area contributed by atoms with Gasteiger partial charge in [-0.25, -0.2) is 5.01 Å². The van der Waals surface area contributed by atoms with E-state index in [1.807, 2.05) is 19.2 Å². The standard InChI is InChI=1S/C20H19Cl3N6O/c1-3-25-18-10-29(28-19(18)12-4-6-14(21)16(23)8-12)20(26-11-24)27-17-9-13(30-2)5-7-15(17)22/h4-9,18,25H,3,10H2,1-2H3,(H,26,27). The highest BCUT2D eigenvalue weighted by Crippen LogP contribution is 2.28. The van der Waals surface area contributed by atoms with Crippen LogP contribution in [-0.2, 0) is 0 Å². The second kappa shape index (κ2) is 10.0. The fourth-order valence-electron chi connectivity index (χ4n) is 3.00. The minimum atomic E-state index is -0.0984. The van der Waals surface area contributed by atoms with Crippen LogP contribution in [0.4, 0.5) is 5.69 Å². The van der Waals surface area contributed by atoms with Gasteiger partial charge >= 0.3 is 0 Å². The maximum atomic E-state index is 9.21. The zero-order valence-corrected chi connectivity index (χ0v) is 18.6. The minimum absolute atomic E-state index is 0.0984. The van der Waals surface area contributed by atoms with E-state index in [1.165, 1.54) is 0 Å². The monoisotopic (exact) mass is 464 g/mol. The number of anilines is 1. The molecule has 1 unspecified atom stereocenters. The number of hydrazone groups is 1. The van der Waals surface area contributed by atoms with Crippen molar-refractivity contribution in [3.8, 4) is 11.9 Å². The number of benzene rings is 2. The molecule has 2 aromatic carbocycles. The lowest BCUT2D eigenvalue weighted by molar-refractivity contribution is 0.415. The van der Waals surface area contributed by atoms with Gasteiger partial charge < -0.3 is 15.4 Å². The average Bonchev–Trinajstić information content (AvgIpc) is 3.15. The summed E-state index contributed by atoms with van der Waals surface area (Å²) in [5.74, 6) is 0.857. The third kappa shape index (κ3) is 4.97. The fraction of sp³-hybridized carbons (Fsp3) is 0.250. The van der Waals surface area contributed by atoms with Crippen LogP contribution >= 0.6 is 34.8 Å². The smallest absolute Gasteiger partial charge is 0.235 e. The summed E-state index contributed by atoms with van der Waals surface area (Å²) in [6.45, 7) is 3.20. The Labute approximate surface area is 189 Å². The van der Waals surface area contributed by atoms with Crippen LogP contribution in [0, 0.1) is 11.5 Å².